The summed E-state index contributed by atoms with van der Waals surface area (Å²) in [7, 11) is 0. The molecule has 0 atom stereocenters. The first-order valence-corrected chi connectivity index (χ1v) is 6.61. The fraction of sp³-hybridized carbons (Fsp3) is 0.133. The smallest absolute Gasteiger partial charge is 0.249 e. The third-order valence-corrected chi connectivity index (χ3v) is 2.97. The van der Waals surface area contributed by atoms with Crippen LogP contribution in [0.1, 0.15) is 12.0 Å². The Morgan fingerprint density at radius 2 is 2.05 bits per heavy atom. The van der Waals surface area contributed by atoms with Crippen molar-refractivity contribution in [1.82, 2.24) is 15.2 Å². The standard InChI is InChI=1S/C15H14N4O2/c20-13(9-8-11-5-2-1-3-6-11)16-15-17-14(18-19-15)12-7-4-10-21-12/h1-7,10H,8-9H2,(H2,16,17,18,19,20). The molecule has 1 amide bonds. The topological polar surface area (TPSA) is 83.8 Å². The van der Waals surface area contributed by atoms with E-state index < -0.39 is 0 Å². The van der Waals surface area contributed by atoms with Crippen molar-refractivity contribution in [1.29, 1.82) is 0 Å². The number of nitrogens with one attached hydrogen (secondary N) is 2. The van der Waals surface area contributed by atoms with Crippen molar-refractivity contribution in [3.8, 4) is 11.6 Å². The number of carbonyl (C=O) groups excluding carboxylic acids is 1. The summed E-state index contributed by atoms with van der Waals surface area (Å²) in [4.78, 5) is 16.0. The fourth-order valence-electron chi connectivity index (χ4n) is 1.93. The number of nitrogens with zero attached hydrogens (tertiary/aromatic N) is 2. The number of hydrogen-bond donors (Lipinski definition) is 2. The fourth-order valence-corrected chi connectivity index (χ4v) is 1.93. The molecular weight excluding hydrogens is 268 g/mol. The molecule has 3 aromatic rings. The zero-order chi connectivity index (χ0) is 14.5. The van der Waals surface area contributed by atoms with E-state index in [-0.39, 0.29) is 11.9 Å². The summed E-state index contributed by atoms with van der Waals surface area (Å²) in [5.74, 6) is 1.19. The molecule has 0 saturated heterocycles. The van der Waals surface area contributed by atoms with Crippen LogP contribution in [-0.4, -0.2) is 21.1 Å². The lowest BCUT2D eigenvalue weighted by Gasteiger charge is -2.01. The predicted octanol–water partition coefficient (Wildman–Crippen LogP) is 2.64. The highest BCUT2D eigenvalue weighted by molar-refractivity contribution is 5.89. The predicted molar refractivity (Wildman–Crippen MR) is 77.5 cm³/mol. The molecule has 1 aromatic carbocycles. The Balaban J connectivity index is 1.55. The number of anilines is 1. The number of furan rings is 1. The summed E-state index contributed by atoms with van der Waals surface area (Å²) < 4.78 is 5.20. The van der Waals surface area contributed by atoms with Crippen LogP contribution in [0.5, 0.6) is 0 Å². The Bertz CT molecular complexity index is 704. The van der Waals surface area contributed by atoms with Gasteiger partial charge in [0.15, 0.2) is 11.6 Å². The number of carbonyl (C=O) groups is 1. The van der Waals surface area contributed by atoms with Gasteiger partial charge in [-0.2, -0.15) is 4.98 Å². The molecule has 0 bridgehead atoms. The van der Waals surface area contributed by atoms with Crippen LogP contribution in [0.25, 0.3) is 11.6 Å². The lowest BCUT2D eigenvalue weighted by Crippen LogP contribution is -2.13. The van der Waals surface area contributed by atoms with Crippen molar-refractivity contribution in [2.45, 2.75) is 12.8 Å². The maximum Gasteiger partial charge on any atom is 0.249 e. The van der Waals surface area contributed by atoms with Crippen molar-refractivity contribution < 1.29 is 9.21 Å². The molecule has 2 aromatic heterocycles. The van der Waals surface area contributed by atoms with Gasteiger partial charge in [0.05, 0.1) is 6.26 Å². The number of aromatic nitrogens is 3. The molecule has 0 radical (unpaired) electrons. The first-order chi connectivity index (χ1) is 10.3. The summed E-state index contributed by atoms with van der Waals surface area (Å²) in [5.41, 5.74) is 1.12. The normalized spacial score (nSPS) is 10.5. The van der Waals surface area contributed by atoms with Gasteiger partial charge >= 0.3 is 0 Å². The molecule has 6 heteroatoms. The van der Waals surface area contributed by atoms with Crippen LogP contribution in [0.2, 0.25) is 0 Å². The van der Waals surface area contributed by atoms with Crippen molar-refractivity contribution in [2.75, 3.05) is 5.32 Å². The Morgan fingerprint density at radius 3 is 2.81 bits per heavy atom. The van der Waals surface area contributed by atoms with Crippen molar-refractivity contribution in [2.24, 2.45) is 0 Å². The highest BCUT2D eigenvalue weighted by Crippen LogP contribution is 2.15. The van der Waals surface area contributed by atoms with E-state index in [4.69, 9.17) is 4.42 Å². The van der Waals surface area contributed by atoms with Crippen LogP contribution < -0.4 is 5.32 Å². The molecule has 6 nitrogen and oxygen atoms in total. The molecule has 3 rings (SSSR count). The van der Waals surface area contributed by atoms with Crippen LogP contribution in [0.4, 0.5) is 5.95 Å². The molecule has 0 unspecified atom stereocenters. The molecule has 0 saturated carbocycles. The summed E-state index contributed by atoms with van der Waals surface area (Å²) in [6, 6.07) is 13.4. The lowest BCUT2D eigenvalue weighted by molar-refractivity contribution is -0.116. The largest absolute Gasteiger partial charge is 0.461 e. The molecule has 0 aliphatic heterocycles. The van der Waals surface area contributed by atoms with E-state index >= 15 is 0 Å². The van der Waals surface area contributed by atoms with Crippen LogP contribution in [0.3, 0.4) is 0 Å². The van der Waals surface area contributed by atoms with Gasteiger partial charge in [0.2, 0.25) is 11.9 Å². The first-order valence-electron chi connectivity index (χ1n) is 6.61. The molecule has 106 valence electrons. The maximum atomic E-state index is 11.9. The van der Waals surface area contributed by atoms with Crippen molar-refractivity contribution >= 4 is 11.9 Å². The van der Waals surface area contributed by atoms with E-state index in [0.29, 0.717) is 24.4 Å². The average molecular weight is 282 g/mol. The van der Waals surface area contributed by atoms with E-state index in [2.05, 4.69) is 20.5 Å². The minimum Gasteiger partial charge on any atom is -0.461 e. The number of hydrogen-bond acceptors (Lipinski definition) is 4. The van der Waals surface area contributed by atoms with Crippen LogP contribution in [-0.2, 0) is 11.2 Å². The van der Waals surface area contributed by atoms with E-state index in [1.807, 2.05) is 30.3 Å². The molecule has 0 aliphatic carbocycles. The van der Waals surface area contributed by atoms with Crippen molar-refractivity contribution in [3.63, 3.8) is 0 Å². The number of rotatable bonds is 5. The van der Waals surface area contributed by atoms with E-state index in [1.54, 1.807) is 18.4 Å². The minimum absolute atomic E-state index is 0.121. The Kier molecular flexibility index (Phi) is 3.77. The van der Waals surface area contributed by atoms with Gasteiger partial charge < -0.3 is 4.42 Å². The first kappa shape index (κ1) is 13.1. The highest BCUT2D eigenvalue weighted by Gasteiger charge is 2.10. The van der Waals surface area contributed by atoms with Crippen LogP contribution in [0, 0.1) is 0 Å². The maximum absolute atomic E-state index is 11.9. The Morgan fingerprint density at radius 1 is 1.19 bits per heavy atom. The molecule has 0 spiro atoms. The number of amides is 1. The summed E-state index contributed by atoms with van der Waals surface area (Å²) in [5, 5.41) is 9.32. The average Bonchev–Trinajstić information content (AvgIpc) is 3.17. The Labute approximate surface area is 121 Å². The molecular formula is C15H14N4O2. The number of aryl methyl sites for hydroxylation is 1. The van der Waals surface area contributed by atoms with Gasteiger partial charge in [-0.3, -0.25) is 15.2 Å². The third-order valence-electron chi connectivity index (χ3n) is 2.97. The third kappa shape index (κ3) is 3.36. The second kappa shape index (κ2) is 6.04. The zero-order valence-corrected chi connectivity index (χ0v) is 11.2. The van der Waals surface area contributed by atoms with E-state index in [0.717, 1.165) is 5.56 Å². The van der Waals surface area contributed by atoms with Crippen LogP contribution in [0.15, 0.2) is 53.1 Å². The summed E-state index contributed by atoms with van der Waals surface area (Å²) >= 11 is 0. The second-order valence-electron chi connectivity index (χ2n) is 4.52. The lowest BCUT2D eigenvalue weighted by atomic mass is 10.1. The highest BCUT2D eigenvalue weighted by atomic mass is 16.3. The number of benzene rings is 1. The Hall–Kier alpha value is -2.89. The van der Waals surface area contributed by atoms with Gasteiger partial charge in [0.25, 0.3) is 0 Å². The van der Waals surface area contributed by atoms with Gasteiger partial charge in [0, 0.05) is 6.42 Å². The quantitative estimate of drug-likeness (QED) is 0.753. The minimum atomic E-state index is -0.121. The van der Waals surface area contributed by atoms with Crippen LogP contribution >= 0.6 is 0 Å². The summed E-state index contributed by atoms with van der Waals surface area (Å²) in [6.45, 7) is 0. The van der Waals surface area contributed by atoms with Gasteiger partial charge in [-0.1, -0.05) is 30.3 Å². The molecule has 0 aliphatic rings. The number of H-pyrrole nitrogens is 1. The molecule has 2 heterocycles. The monoisotopic (exact) mass is 282 g/mol. The van der Waals surface area contributed by atoms with Gasteiger partial charge in [-0.05, 0) is 24.1 Å². The SMILES string of the molecule is O=C(CCc1ccccc1)Nc1n[nH]c(-c2ccco2)n1. The number of aromatic amines is 1. The summed E-state index contributed by atoms with van der Waals surface area (Å²) in [6.07, 6.45) is 2.62. The van der Waals surface area contributed by atoms with E-state index in [1.165, 1.54) is 0 Å². The van der Waals surface area contributed by atoms with Gasteiger partial charge in [-0.15, -0.1) is 5.10 Å². The zero-order valence-electron chi connectivity index (χ0n) is 11.2. The molecule has 0 fully saturated rings. The molecule has 21 heavy (non-hydrogen) atoms. The second-order valence-corrected chi connectivity index (χ2v) is 4.52. The molecule has 2 N–H and O–H groups in total. The van der Waals surface area contributed by atoms with Crippen molar-refractivity contribution in [3.05, 3.63) is 54.3 Å². The van der Waals surface area contributed by atoms with Gasteiger partial charge in [-0.25, -0.2) is 0 Å². The van der Waals surface area contributed by atoms with Gasteiger partial charge in [0.1, 0.15) is 0 Å². The van der Waals surface area contributed by atoms with E-state index in [9.17, 15) is 4.79 Å².